The molecule has 2 heterocycles. The molecule has 0 fully saturated rings. The van der Waals surface area contributed by atoms with Crippen LogP contribution in [-0.2, 0) is 18.4 Å². The van der Waals surface area contributed by atoms with E-state index in [1.807, 2.05) is 6.07 Å². The monoisotopic (exact) mass is 305 g/mol. The van der Waals surface area contributed by atoms with E-state index in [4.69, 9.17) is 5.84 Å². The zero-order valence-electron chi connectivity index (χ0n) is 13.0. The molecule has 2 rings (SSSR count). The first-order chi connectivity index (χ1) is 9.94. The molecule has 2 aromatic heterocycles. The second kappa shape index (κ2) is 6.41. The van der Waals surface area contributed by atoms with Crippen molar-refractivity contribution in [3.63, 3.8) is 0 Å². The maximum absolute atomic E-state index is 5.50. The van der Waals surface area contributed by atoms with E-state index in [2.05, 4.69) is 59.9 Å². The standard InChI is InChI=1S/C15H23N5S/c1-5-10-6-7-21-11(10)9-17-12-8-13(20-16)19-14(18-12)15(2,3)4/h6-8H,5,9,16H2,1-4H3,(H2,17,18,19,20). The molecular weight excluding hydrogens is 282 g/mol. The number of thiophene rings is 1. The highest BCUT2D eigenvalue weighted by Crippen LogP contribution is 2.23. The third-order valence-corrected chi connectivity index (χ3v) is 4.16. The zero-order valence-corrected chi connectivity index (χ0v) is 13.8. The molecule has 4 N–H and O–H groups in total. The van der Waals surface area contributed by atoms with Crippen molar-refractivity contribution in [3.05, 3.63) is 33.8 Å². The fraction of sp³-hybridized carbons (Fsp3) is 0.467. The molecule has 0 radical (unpaired) electrons. The highest BCUT2D eigenvalue weighted by Gasteiger charge is 2.19. The summed E-state index contributed by atoms with van der Waals surface area (Å²) in [7, 11) is 0. The van der Waals surface area contributed by atoms with E-state index in [-0.39, 0.29) is 5.41 Å². The number of nitrogens with zero attached hydrogens (tertiary/aromatic N) is 2. The fourth-order valence-corrected chi connectivity index (χ4v) is 2.87. The van der Waals surface area contributed by atoms with Gasteiger partial charge in [-0.1, -0.05) is 27.7 Å². The Morgan fingerprint density at radius 2 is 1.95 bits per heavy atom. The smallest absolute Gasteiger partial charge is 0.145 e. The van der Waals surface area contributed by atoms with E-state index in [0.717, 1.165) is 24.6 Å². The first kappa shape index (κ1) is 15.7. The Hall–Kier alpha value is -1.66. The molecule has 0 bridgehead atoms. The summed E-state index contributed by atoms with van der Waals surface area (Å²) in [4.78, 5) is 10.4. The van der Waals surface area contributed by atoms with Crippen molar-refractivity contribution >= 4 is 23.0 Å². The van der Waals surface area contributed by atoms with Gasteiger partial charge in [-0.25, -0.2) is 15.8 Å². The summed E-state index contributed by atoms with van der Waals surface area (Å²) in [5.74, 6) is 7.68. The van der Waals surface area contributed by atoms with E-state index < -0.39 is 0 Å². The summed E-state index contributed by atoms with van der Waals surface area (Å²) >= 11 is 1.77. The van der Waals surface area contributed by atoms with Crippen LogP contribution in [0.2, 0.25) is 0 Å². The molecule has 0 aliphatic heterocycles. The van der Waals surface area contributed by atoms with Crippen molar-refractivity contribution in [2.75, 3.05) is 10.7 Å². The minimum absolute atomic E-state index is 0.124. The Bertz CT molecular complexity index is 600. The van der Waals surface area contributed by atoms with E-state index in [0.29, 0.717) is 5.82 Å². The molecule has 0 aromatic carbocycles. The highest BCUT2D eigenvalue weighted by atomic mass is 32.1. The molecule has 0 saturated heterocycles. The van der Waals surface area contributed by atoms with Gasteiger partial charge in [-0.15, -0.1) is 11.3 Å². The number of nitrogen functional groups attached to an aromatic ring is 1. The average Bonchev–Trinajstić information content (AvgIpc) is 2.91. The Labute approximate surface area is 130 Å². The van der Waals surface area contributed by atoms with Crippen LogP contribution in [0.25, 0.3) is 0 Å². The molecular formula is C15H23N5S. The summed E-state index contributed by atoms with van der Waals surface area (Å²) < 4.78 is 0. The van der Waals surface area contributed by atoms with Gasteiger partial charge >= 0.3 is 0 Å². The number of nitrogens with two attached hydrogens (primary N) is 1. The van der Waals surface area contributed by atoms with Gasteiger partial charge in [0.15, 0.2) is 0 Å². The summed E-state index contributed by atoms with van der Waals surface area (Å²) in [6.07, 6.45) is 1.05. The maximum Gasteiger partial charge on any atom is 0.145 e. The molecule has 0 spiro atoms. The van der Waals surface area contributed by atoms with E-state index in [1.54, 1.807) is 11.3 Å². The molecule has 6 heteroatoms. The van der Waals surface area contributed by atoms with Crippen molar-refractivity contribution in [1.29, 1.82) is 0 Å². The van der Waals surface area contributed by atoms with Crippen LogP contribution < -0.4 is 16.6 Å². The number of rotatable bonds is 5. The molecule has 21 heavy (non-hydrogen) atoms. The second-order valence-corrected chi connectivity index (χ2v) is 6.93. The van der Waals surface area contributed by atoms with Gasteiger partial charge < -0.3 is 10.7 Å². The van der Waals surface area contributed by atoms with Crippen molar-refractivity contribution in [2.24, 2.45) is 5.84 Å². The van der Waals surface area contributed by atoms with Crippen molar-refractivity contribution < 1.29 is 0 Å². The van der Waals surface area contributed by atoms with E-state index in [9.17, 15) is 0 Å². The lowest BCUT2D eigenvalue weighted by Gasteiger charge is -2.18. The van der Waals surface area contributed by atoms with Crippen LogP contribution in [0.4, 0.5) is 11.6 Å². The van der Waals surface area contributed by atoms with Crippen LogP contribution in [0.5, 0.6) is 0 Å². The number of aryl methyl sites for hydroxylation is 1. The number of anilines is 2. The molecule has 2 aromatic rings. The lowest BCUT2D eigenvalue weighted by Crippen LogP contribution is -2.20. The van der Waals surface area contributed by atoms with Gasteiger partial charge in [-0.3, -0.25) is 0 Å². The van der Waals surface area contributed by atoms with Gasteiger partial charge in [-0.2, -0.15) is 0 Å². The summed E-state index contributed by atoms with van der Waals surface area (Å²) in [5.41, 5.74) is 3.87. The minimum Gasteiger partial charge on any atom is -0.365 e. The Morgan fingerprint density at radius 3 is 2.57 bits per heavy atom. The molecule has 0 aliphatic carbocycles. The quantitative estimate of drug-likeness (QED) is 0.584. The Balaban J connectivity index is 2.19. The lowest BCUT2D eigenvalue weighted by molar-refractivity contribution is 0.546. The first-order valence-corrected chi connectivity index (χ1v) is 7.97. The molecule has 5 nitrogen and oxygen atoms in total. The number of aromatic nitrogens is 2. The SMILES string of the molecule is CCc1ccsc1CNc1cc(NN)nc(C(C)(C)C)n1. The third-order valence-electron chi connectivity index (χ3n) is 3.19. The molecule has 0 saturated carbocycles. The largest absolute Gasteiger partial charge is 0.365 e. The Kier molecular flexibility index (Phi) is 4.80. The van der Waals surface area contributed by atoms with E-state index in [1.165, 1.54) is 10.4 Å². The third kappa shape index (κ3) is 3.92. The van der Waals surface area contributed by atoms with Crippen LogP contribution in [0.15, 0.2) is 17.5 Å². The van der Waals surface area contributed by atoms with Crippen LogP contribution in [-0.4, -0.2) is 9.97 Å². The number of hydrogen-bond acceptors (Lipinski definition) is 6. The molecule has 0 aliphatic rings. The number of nitrogens with one attached hydrogen (secondary N) is 2. The van der Waals surface area contributed by atoms with Gasteiger partial charge in [-0.05, 0) is 23.4 Å². The summed E-state index contributed by atoms with van der Waals surface area (Å²) in [5, 5.41) is 5.50. The molecule has 0 atom stereocenters. The van der Waals surface area contributed by atoms with E-state index >= 15 is 0 Å². The maximum atomic E-state index is 5.50. The summed E-state index contributed by atoms with van der Waals surface area (Å²) in [6.45, 7) is 9.19. The van der Waals surface area contributed by atoms with Crippen molar-refractivity contribution in [1.82, 2.24) is 9.97 Å². The minimum atomic E-state index is -0.124. The predicted octanol–water partition coefficient (Wildman–Crippen LogP) is 3.30. The van der Waals surface area contributed by atoms with Crippen LogP contribution >= 0.6 is 11.3 Å². The van der Waals surface area contributed by atoms with Crippen LogP contribution in [0.3, 0.4) is 0 Å². The van der Waals surface area contributed by atoms with Gasteiger partial charge in [0.25, 0.3) is 0 Å². The molecule has 0 unspecified atom stereocenters. The van der Waals surface area contributed by atoms with Crippen LogP contribution in [0.1, 0.15) is 44.0 Å². The molecule has 114 valence electrons. The Morgan fingerprint density at radius 1 is 1.24 bits per heavy atom. The van der Waals surface area contributed by atoms with Crippen LogP contribution in [0, 0.1) is 0 Å². The fourth-order valence-electron chi connectivity index (χ4n) is 1.96. The molecule has 0 amide bonds. The van der Waals surface area contributed by atoms with Gasteiger partial charge in [0.1, 0.15) is 17.5 Å². The van der Waals surface area contributed by atoms with Crippen molar-refractivity contribution in [2.45, 2.75) is 46.1 Å². The van der Waals surface area contributed by atoms with Gasteiger partial charge in [0, 0.05) is 16.4 Å². The average molecular weight is 305 g/mol. The summed E-state index contributed by atoms with van der Waals surface area (Å²) in [6, 6.07) is 4.00. The number of hydrazine groups is 1. The lowest BCUT2D eigenvalue weighted by atomic mass is 9.96. The number of hydrogen-bond donors (Lipinski definition) is 3. The second-order valence-electron chi connectivity index (χ2n) is 5.93. The van der Waals surface area contributed by atoms with Gasteiger partial charge in [0.2, 0.25) is 0 Å². The topological polar surface area (TPSA) is 75.9 Å². The van der Waals surface area contributed by atoms with Gasteiger partial charge in [0.05, 0.1) is 6.54 Å². The predicted molar refractivity (Wildman–Crippen MR) is 89.6 cm³/mol. The first-order valence-electron chi connectivity index (χ1n) is 7.09. The zero-order chi connectivity index (χ0) is 15.5. The highest BCUT2D eigenvalue weighted by molar-refractivity contribution is 7.10. The normalized spacial score (nSPS) is 11.5. The van der Waals surface area contributed by atoms with Crippen molar-refractivity contribution in [3.8, 4) is 0 Å².